The summed E-state index contributed by atoms with van der Waals surface area (Å²) < 4.78 is 5.28. The van der Waals surface area contributed by atoms with Crippen LogP contribution in [0.15, 0.2) is 243 Å². The molecule has 0 saturated carbocycles. The fraction of sp³-hybridized carbons (Fsp3) is 0.0164. The predicted octanol–water partition coefficient (Wildman–Crippen LogP) is 18.1. The molecular weight excluding hydrogens is 811 g/mol. The Labute approximate surface area is 381 Å². The molecule has 302 valence electrons. The third-order valence-corrected chi connectivity index (χ3v) is 14.9. The van der Waals surface area contributed by atoms with Crippen molar-refractivity contribution < 1.29 is 0 Å². The molecule has 0 amide bonds. The molecule has 64 heavy (non-hydrogen) atoms. The molecule has 0 aliphatic carbocycles. The maximum Gasteiger partial charge on any atom is 0.0540 e. The van der Waals surface area contributed by atoms with Crippen molar-refractivity contribution in [3.8, 4) is 33.4 Å². The number of thiophene rings is 2. The topological polar surface area (TPSA) is 3.24 Å². The first-order valence-corrected chi connectivity index (χ1v) is 23.5. The quantitative estimate of drug-likeness (QED) is 0.131. The standard InChI is InChI=1S/C61H41NS2/c1-4-15-44(16-5-1)60(45-33-27-41(28-34-45)46-36-38-57-54(39-46)52-22-11-13-25-56(52)63-57)47-35-37-53-59(40-47)64-58-26-14-23-51(61(53)58)43-31-29-42(30-32-43)50-21-10-12-24-55(50)62(48-17-6-2-7-18-48)49-19-8-3-9-20-49/h1-40,60H. The lowest BCUT2D eigenvalue weighted by Gasteiger charge is -2.27. The van der Waals surface area contributed by atoms with E-state index in [9.17, 15) is 0 Å². The normalized spacial score (nSPS) is 12.0. The zero-order valence-corrected chi connectivity index (χ0v) is 36.6. The Morgan fingerprint density at radius 3 is 1.58 bits per heavy atom. The molecule has 0 aliphatic heterocycles. The van der Waals surface area contributed by atoms with Crippen LogP contribution in [-0.4, -0.2) is 0 Å². The monoisotopic (exact) mass is 851 g/mol. The highest BCUT2D eigenvalue weighted by Crippen LogP contribution is 2.45. The minimum Gasteiger partial charge on any atom is -0.310 e. The third kappa shape index (κ3) is 6.87. The Balaban J connectivity index is 0.891. The Kier molecular flexibility index (Phi) is 9.71. The summed E-state index contributed by atoms with van der Waals surface area (Å²) in [7, 11) is 0. The number of anilines is 3. The summed E-state index contributed by atoms with van der Waals surface area (Å²) in [6, 6.07) is 89.0. The van der Waals surface area contributed by atoms with E-state index in [0.29, 0.717) is 0 Å². The zero-order chi connectivity index (χ0) is 42.4. The second-order valence-corrected chi connectivity index (χ2v) is 18.6. The number of hydrogen-bond donors (Lipinski definition) is 0. The maximum absolute atomic E-state index is 2.44. The maximum atomic E-state index is 2.44. The van der Waals surface area contributed by atoms with Crippen LogP contribution in [0.25, 0.3) is 73.7 Å². The fourth-order valence-corrected chi connectivity index (χ4v) is 11.8. The van der Waals surface area contributed by atoms with Crippen LogP contribution < -0.4 is 4.90 Å². The van der Waals surface area contributed by atoms with E-state index < -0.39 is 0 Å². The average Bonchev–Trinajstić information content (AvgIpc) is 3.94. The lowest BCUT2D eigenvalue weighted by molar-refractivity contribution is 0.981. The summed E-state index contributed by atoms with van der Waals surface area (Å²) in [5, 5.41) is 5.28. The molecule has 0 bridgehead atoms. The van der Waals surface area contributed by atoms with Gasteiger partial charge in [0.1, 0.15) is 0 Å². The number of para-hydroxylation sites is 3. The molecule has 1 nitrogen and oxygen atoms in total. The molecular formula is C61H41NS2. The van der Waals surface area contributed by atoms with Crippen molar-refractivity contribution in [2.45, 2.75) is 5.92 Å². The Bertz CT molecular complexity index is 3550. The first-order chi connectivity index (χ1) is 31.7. The van der Waals surface area contributed by atoms with Gasteiger partial charge in [0, 0.05) is 63.2 Å². The Morgan fingerprint density at radius 1 is 0.297 bits per heavy atom. The van der Waals surface area contributed by atoms with Crippen molar-refractivity contribution in [1.29, 1.82) is 0 Å². The number of nitrogens with zero attached hydrogens (tertiary/aromatic N) is 1. The van der Waals surface area contributed by atoms with Gasteiger partial charge in [-0.25, -0.2) is 0 Å². The predicted molar refractivity (Wildman–Crippen MR) is 277 cm³/mol. The summed E-state index contributed by atoms with van der Waals surface area (Å²) in [6.45, 7) is 0. The van der Waals surface area contributed by atoms with Gasteiger partial charge in [-0.05, 0) is 105 Å². The minimum absolute atomic E-state index is 0.0998. The minimum atomic E-state index is 0.0998. The molecule has 2 aromatic heterocycles. The van der Waals surface area contributed by atoms with Gasteiger partial charge in [0.15, 0.2) is 0 Å². The van der Waals surface area contributed by atoms with E-state index in [-0.39, 0.29) is 5.92 Å². The van der Waals surface area contributed by atoms with Crippen molar-refractivity contribution in [2.75, 3.05) is 4.90 Å². The van der Waals surface area contributed by atoms with Gasteiger partial charge < -0.3 is 4.90 Å². The third-order valence-electron chi connectivity index (χ3n) is 12.6. The molecule has 0 spiro atoms. The van der Waals surface area contributed by atoms with Crippen molar-refractivity contribution in [1.82, 2.24) is 0 Å². The Morgan fingerprint density at radius 2 is 0.828 bits per heavy atom. The summed E-state index contributed by atoms with van der Waals surface area (Å²) in [4.78, 5) is 2.35. The largest absolute Gasteiger partial charge is 0.310 e. The van der Waals surface area contributed by atoms with Crippen molar-refractivity contribution in [3.05, 3.63) is 259 Å². The van der Waals surface area contributed by atoms with Gasteiger partial charge in [0.05, 0.1) is 5.69 Å². The molecule has 0 saturated heterocycles. The van der Waals surface area contributed by atoms with Crippen molar-refractivity contribution >= 4 is 80.1 Å². The van der Waals surface area contributed by atoms with Crippen LogP contribution in [0.2, 0.25) is 0 Å². The van der Waals surface area contributed by atoms with E-state index in [1.165, 1.54) is 90.4 Å². The number of fused-ring (bicyclic) bond motifs is 6. The van der Waals surface area contributed by atoms with Gasteiger partial charge in [-0.3, -0.25) is 0 Å². The first-order valence-electron chi connectivity index (χ1n) is 21.9. The average molecular weight is 852 g/mol. The van der Waals surface area contributed by atoms with E-state index in [1.807, 2.05) is 22.7 Å². The summed E-state index contributed by atoms with van der Waals surface area (Å²) in [6.07, 6.45) is 0. The van der Waals surface area contributed by atoms with Crippen LogP contribution >= 0.6 is 22.7 Å². The molecule has 0 N–H and O–H groups in total. The van der Waals surface area contributed by atoms with Crippen molar-refractivity contribution in [2.24, 2.45) is 0 Å². The fourth-order valence-electron chi connectivity index (χ4n) is 9.58. The SMILES string of the molecule is c1ccc(C(c2ccc(-c3ccc4sc5ccccc5c4c3)cc2)c2ccc3c(c2)sc2cccc(-c4ccc(-c5ccccc5N(c5ccccc5)c5ccccc5)cc4)c23)cc1. The van der Waals surface area contributed by atoms with Gasteiger partial charge in [0.2, 0.25) is 0 Å². The number of benzene rings is 10. The summed E-state index contributed by atoms with van der Waals surface area (Å²) >= 11 is 3.76. The van der Waals surface area contributed by atoms with Crippen LogP contribution in [0.3, 0.4) is 0 Å². The summed E-state index contributed by atoms with van der Waals surface area (Å²) in [5.41, 5.74) is 14.6. The number of rotatable bonds is 9. The molecule has 1 unspecified atom stereocenters. The second kappa shape index (κ2) is 16.3. The van der Waals surface area contributed by atoms with Crippen LogP contribution in [0.5, 0.6) is 0 Å². The van der Waals surface area contributed by atoms with E-state index in [1.54, 1.807) is 0 Å². The molecule has 1 atom stereocenters. The highest BCUT2D eigenvalue weighted by atomic mass is 32.1. The molecule has 3 heteroatoms. The zero-order valence-electron chi connectivity index (χ0n) is 34.9. The van der Waals surface area contributed by atoms with E-state index in [4.69, 9.17) is 0 Å². The molecule has 2 heterocycles. The lowest BCUT2D eigenvalue weighted by Crippen LogP contribution is -2.10. The number of hydrogen-bond acceptors (Lipinski definition) is 3. The summed E-state index contributed by atoms with van der Waals surface area (Å²) in [5.74, 6) is 0.0998. The van der Waals surface area contributed by atoms with Crippen LogP contribution in [0, 0.1) is 0 Å². The molecule has 12 rings (SSSR count). The molecule has 0 radical (unpaired) electrons. The molecule has 12 aromatic rings. The second-order valence-electron chi connectivity index (χ2n) is 16.4. The van der Waals surface area contributed by atoms with Gasteiger partial charge in [-0.2, -0.15) is 0 Å². The molecule has 0 aliphatic rings. The molecule has 10 aromatic carbocycles. The first kappa shape index (κ1) is 38.1. The van der Waals surface area contributed by atoms with E-state index in [2.05, 4.69) is 248 Å². The van der Waals surface area contributed by atoms with E-state index >= 15 is 0 Å². The van der Waals surface area contributed by atoms with E-state index in [0.717, 1.165) is 17.1 Å². The Hall–Kier alpha value is -7.56. The lowest BCUT2D eigenvalue weighted by atomic mass is 9.84. The smallest absolute Gasteiger partial charge is 0.0540 e. The van der Waals surface area contributed by atoms with Gasteiger partial charge in [-0.1, -0.05) is 182 Å². The van der Waals surface area contributed by atoms with Crippen LogP contribution in [0.1, 0.15) is 22.6 Å². The van der Waals surface area contributed by atoms with Crippen LogP contribution in [-0.2, 0) is 0 Å². The highest BCUT2D eigenvalue weighted by Gasteiger charge is 2.21. The van der Waals surface area contributed by atoms with Gasteiger partial charge >= 0.3 is 0 Å². The van der Waals surface area contributed by atoms with Crippen LogP contribution in [0.4, 0.5) is 17.1 Å². The van der Waals surface area contributed by atoms with Crippen molar-refractivity contribution in [3.63, 3.8) is 0 Å². The van der Waals surface area contributed by atoms with Gasteiger partial charge in [0.25, 0.3) is 0 Å². The molecule has 0 fully saturated rings. The highest BCUT2D eigenvalue weighted by molar-refractivity contribution is 7.26. The van der Waals surface area contributed by atoms with Gasteiger partial charge in [-0.15, -0.1) is 22.7 Å².